The predicted octanol–water partition coefficient (Wildman–Crippen LogP) is 2.81. The van der Waals surface area contributed by atoms with E-state index in [1.165, 1.54) is 19.2 Å². The fourth-order valence-corrected chi connectivity index (χ4v) is 1.54. The summed E-state index contributed by atoms with van der Waals surface area (Å²) in [6.45, 7) is 0.487. The van der Waals surface area contributed by atoms with Crippen LogP contribution in [-0.4, -0.2) is 12.0 Å². The Labute approximate surface area is 103 Å². The monoisotopic (exact) mass is 248 g/mol. The van der Waals surface area contributed by atoms with Gasteiger partial charge in [-0.25, -0.2) is 0 Å². The van der Waals surface area contributed by atoms with Gasteiger partial charge in [0.1, 0.15) is 11.5 Å². The molecule has 0 radical (unpaired) electrons. The molecule has 94 valence electrons. The lowest BCUT2D eigenvalue weighted by atomic mass is 10.2. The third kappa shape index (κ3) is 2.60. The predicted molar refractivity (Wildman–Crippen MR) is 65.7 cm³/mol. The second-order valence-electron chi connectivity index (χ2n) is 3.57. The molecule has 0 unspecified atom stereocenters. The van der Waals surface area contributed by atoms with Crippen molar-refractivity contribution in [1.82, 2.24) is 0 Å². The van der Waals surface area contributed by atoms with Crippen LogP contribution in [0.3, 0.4) is 0 Å². The maximum atomic E-state index is 10.6. The molecule has 0 atom stereocenters. The van der Waals surface area contributed by atoms with Crippen LogP contribution < -0.4 is 10.1 Å². The summed E-state index contributed by atoms with van der Waals surface area (Å²) in [7, 11) is 1.47. The summed E-state index contributed by atoms with van der Waals surface area (Å²) in [4.78, 5) is 10.2. The third-order valence-electron chi connectivity index (χ3n) is 2.43. The van der Waals surface area contributed by atoms with Crippen LogP contribution in [0.15, 0.2) is 41.0 Å². The largest absolute Gasteiger partial charge is 0.494 e. The number of ether oxygens (including phenoxy) is 1. The Balaban J connectivity index is 2.14. The summed E-state index contributed by atoms with van der Waals surface area (Å²) in [5, 5.41) is 13.7. The fraction of sp³-hybridized carbons (Fsp3) is 0.167. The molecule has 1 N–H and O–H groups in total. The van der Waals surface area contributed by atoms with Crippen molar-refractivity contribution in [1.29, 1.82) is 0 Å². The number of nitrogens with zero attached hydrogens (tertiary/aromatic N) is 1. The minimum atomic E-state index is -0.459. The molecule has 6 heteroatoms. The minimum absolute atomic E-state index is 0.00426. The molecule has 1 aromatic heterocycles. The highest BCUT2D eigenvalue weighted by molar-refractivity contribution is 5.60. The first-order valence-corrected chi connectivity index (χ1v) is 5.29. The summed E-state index contributed by atoms with van der Waals surface area (Å²) in [5.41, 5.74) is 0.676. The van der Waals surface area contributed by atoms with Crippen molar-refractivity contribution in [3.05, 3.63) is 52.5 Å². The first-order valence-electron chi connectivity index (χ1n) is 5.29. The third-order valence-corrected chi connectivity index (χ3v) is 2.43. The number of anilines is 1. The van der Waals surface area contributed by atoms with Gasteiger partial charge in [0.25, 0.3) is 5.69 Å². The molecule has 1 heterocycles. The number of rotatable bonds is 5. The van der Waals surface area contributed by atoms with E-state index >= 15 is 0 Å². The van der Waals surface area contributed by atoms with Gasteiger partial charge in [-0.05, 0) is 18.2 Å². The maximum absolute atomic E-state index is 10.6. The Morgan fingerprint density at radius 2 is 2.28 bits per heavy atom. The Morgan fingerprint density at radius 1 is 1.44 bits per heavy atom. The molecule has 0 saturated heterocycles. The van der Waals surface area contributed by atoms with Crippen LogP contribution in [0, 0.1) is 10.1 Å². The quantitative estimate of drug-likeness (QED) is 0.650. The Morgan fingerprint density at radius 3 is 2.89 bits per heavy atom. The van der Waals surface area contributed by atoms with Crippen molar-refractivity contribution in [2.45, 2.75) is 6.54 Å². The first kappa shape index (κ1) is 12.0. The van der Waals surface area contributed by atoms with E-state index in [0.717, 1.165) is 5.76 Å². The van der Waals surface area contributed by atoms with Crippen LogP contribution >= 0.6 is 0 Å². The Hall–Kier alpha value is -2.50. The SMILES string of the molecule is COc1cc([N+](=O)[O-])ccc1NCc1ccco1. The summed E-state index contributed by atoms with van der Waals surface area (Å²) in [6, 6.07) is 8.05. The molecule has 2 aromatic rings. The maximum Gasteiger partial charge on any atom is 0.273 e. The topological polar surface area (TPSA) is 77.5 Å². The standard InChI is InChI=1S/C12H12N2O4/c1-17-12-7-9(14(15)16)4-5-11(12)13-8-10-3-2-6-18-10/h2-7,13H,8H2,1H3. The summed E-state index contributed by atoms with van der Waals surface area (Å²) in [6.07, 6.45) is 1.59. The van der Waals surface area contributed by atoms with E-state index in [2.05, 4.69) is 5.32 Å². The van der Waals surface area contributed by atoms with E-state index < -0.39 is 4.92 Å². The zero-order valence-electron chi connectivity index (χ0n) is 9.75. The van der Waals surface area contributed by atoms with Gasteiger partial charge in [-0.15, -0.1) is 0 Å². The highest BCUT2D eigenvalue weighted by Crippen LogP contribution is 2.29. The summed E-state index contributed by atoms with van der Waals surface area (Å²) in [5.74, 6) is 1.20. The van der Waals surface area contributed by atoms with Crippen LogP contribution in [0.1, 0.15) is 5.76 Å². The second-order valence-corrected chi connectivity index (χ2v) is 3.57. The van der Waals surface area contributed by atoms with Gasteiger partial charge in [0, 0.05) is 6.07 Å². The number of furan rings is 1. The normalized spacial score (nSPS) is 10.1. The number of nitro groups is 1. The molecule has 0 bridgehead atoms. The van der Waals surface area contributed by atoms with Crippen LogP contribution in [0.25, 0.3) is 0 Å². The second kappa shape index (κ2) is 5.22. The molecule has 1 aromatic carbocycles. The number of methoxy groups -OCH3 is 1. The fourth-order valence-electron chi connectivity index (χ4n) is 1.54. The number of nitro benzene ring substituents is 1. The van der Waals surface area contributed by atoms with E-state index in [9.17, 15) is 10.1 Å². The molecule has 0 fully saturated rings. The van der Waals surface area contributed by atoms with Crippen molar-refractivity contribution in [2.75, 3.05) is 12.4 Å². The van der Waals surface area contributed by atoms with Crippen LogP contribution in [0.5, 0.6) is 5.75 Å². The van der Waals surface area contributed by atoms with Crippen molar-refractivity contribution in [3.8, 4) is 5.75 Å². The summed E-state index contributed by atoms with van der Waals surface area (Å²) < 4.78 is 10.3. The van der Waals surface area contributed by atoms with Gasteiger partial charge in [-0.2, -0.15) is 0 Å². The number of hydrogen-bond acceptors (Lipinski definition) is 5. The molecular formula is C12H12N2O4. The Bertz CT molecular complexity index is 537. The molecule has 18 heavy (non-hydrogen) atoms. The molecule has 0 spiro atoms. The lowest BCUT2D eigenvalue weighted by molar-refractivity contribution is -0.384. The van der Waals surface area contributed by atoms with Crippen molar-refractivity contribution < 1.29 is 14.1 Å². The smallest absolute Gasteiger partial charge is 0.273 e. The van der Waals surface area contributed by atoms with E-state index in [4.69, 9.17) is 9.15 Å². The van der Waals surface area contributed by atoms with Gasteiger partial charge < -0.3 is 14.5 Å². The molecule has 0 aliphatic carbocycles. The Kier molecular flexibility index (Phi) is 3.47. The molecular weight excluding hydrogens is 236 g/mol. The molecule has 0 amide bonds. The number of non-ortho nitro benzene ring substituents is 1. The van der Waals surface area contributed by atoms with Gasteiger partial charge in [0.05, 0.1) is 36.6 Å². The van der Waals surface area contributed by atoms with Crippen molar-refractivity contribution in [2.24, 2.45) is 0 Å². The van der Waals surface area contributed by atoms with Gasteiger partial charge in [0.15, 0.2) is 0 Å². The summed E-state index contributed by atoms with van der Waals surface area (Å²) >= 11 is 0. The van der Waals surface area contributed by atoms with Gasteiger partial charge in [-0.3, -0.25) is 10.1 Å². The van der Waals surface area contributed by atoms with Gasteiger partial charge in [-0.1, -0.05) is 0 Å². The average Bonchev–Trinajstić information content (AvgIpc) is 2.89. The molecule has 0 aliphatic heterocycles. The molecule has 0 saturated carbocycles. The molecule has 6 nitrogen and oxygen atoms in total. The number of hydrogen-bond donors (Lipinski definition) is 1. The lowest BCUT2D eigenvalue weighted by Crippen LogP contribution is -2.01. The van der Waals surface area contributed by atoms with E-state index in [1.807, 2.05) is 6.07 Å². The van der Waals surface area contributed by atoms with E-state index in [1.54, 1.807) is 18.4 Å². The van der Waals surface area contributed by atoms with Gasteiger partial charge >= 0.3 is 0 Å². The van der Waals surface area contributed by atoms with Crippen LogP contribution in [0.4, 0.5) is 11.4 Å². The van der Waals surface area contributed by atoms with E-state index in [0.29, 0.717) is 18.0 Å². The number of benzene rings is 1. The molecule has 2 rings (SSSR count). The highest BCUT2D eigenvalue weighted by atomic mass is 16.6. The average molecular weight is 248 g/mol. The van der Waals surface area contributed by atoms with E-state index in [-0.39, 0.29) is 5.69 Å². The molecule has 0 aliphatic rings. The lowest BCUT2D eigenvalue weighted by Gasteiger charge is -2.09. The van der Waals surface area contributed by atoms with Gasteiger partial charge in [0.2, 0.25) is 0 Å². The van der Waals surface area contributed by atoms with Crippen molar-refractivity contribution >= 4 is 11.4 Å². The zero-order chi connectivity index (χ0) is 13.0. The van der Waals surface area contributed by atoms with Crippen LogP contribution in [0.2, 0.25) is 0 Å². The minimum Gasteiger partial charge on any atom is -0.494 e. The number of nitrogens with one attached hydrogen (secondary N) is 1. The highest BCUT2D eigenvalue weighted by Gasteiger charge is 2.11. The van der Waals surface area contributed by atoms with Crippen molar-refractivity contribution in [3.63, 3.8) is 0 Å². The first-order chi connectivity index (χ1) is 8.70. The van der Waals surface area contributed by atoms with Crippen LogP contribution in [-0.2, 0) is 6.54 Å². The zero-order valence-corrected chi connectivity index (χ0v) is 9.75.